The molecular weight excluding hydrogens is 232 g/mol. The van der Waals surface area contributed by atoms with Crippen LogP contribution in [0.1, 0.15) is 19.3 Å². The van der Waals surface area contributed by atoms with Crippen LogP contribution in [0, 0.1) is 47.3 Å². The first-order chi connectivity index (χ1) is 8.25. The largest absolute Gasteiger partial charge is 0.465 e. The van der Waals surface area contributed by atoms with Gasteiger partial charge in [-0.25, -0.2) is 0 Å². The van der Waals surface area contributed by atoms with E-state index >= 15 is 0 Å². The van der Waals surface area contributed by atoms with E-state index in [0.717, 1.165) is 36.2 Å². The molecule has 0 spiro atoms. The summed E-state index contributed by atoms with van der Waals surface area (Å²) < 4.78 is 5.33. The van der Waals surface area contributed by atoms with Gasteiger partial charge < -0.3 is 4.74 Å². The van der Waals surface area contributed by atoms with Gasteiger partial charge in [-0.15, -0.1) is 0 Å². The first-order valence-corrected chi connectivity index (χ1v) is 7.62. The Labute approximate surface area is 107 Å². The zero-order valence-corrected chi connectivity index (χ0v) is 10.7. The predicted molar refractivity (Wildman–Crippen MR) is 65.5 cm³/mol. The Morgan fingerprint density at radius 3 is 2.76 bits per heavy atom. The maximum atomic E-state index is 11.9. The summed E-state index contributed by atoms with van der Waals surface area (Å²) in [6.45, 7) is 0.732. The lowest BCUT2D eigenvalue weighted by Crippen LogP contribution is -2.41. The zero-order chi connectivity index (χ0) is 11.3. The van der Waals surface area contributed by atoms with Crippen LogP contribution in [0.15, 0.2) is 0 Å². The molecule has 0 amide bonds. The normalized spacial score (nSPS) is 66.2. The molecule has 0 aromatic heterocycles. The number of thiol groups is 1. The summed E-state index contributed by atoms with van der Waals surface area (Å²) in [7, 11) is 0. The predicted octanol–water partition coefficient (Wildman–Crippen LogP) is 2.00. The number of cyclic esters (lactones) is 1. The fourth-order valence-corrected chi connectivity index (χ4v) is 7.15. The van der Waals surface area contributed by atoms with Crippen LogP contribution < -0.4 is 0 Å². The lowest BCUT2D eigenvalue weighted by molar-refractivity contribution is -0.143. The Morgan fingerprint density at radius 1 is 1.00 bits per heavy atom. The minimum absolute atomic E-state index is 0.124. The summed E-state index contributed by atoms with van der Waals surface area (Å²) in [5, 5.41) is 0.622. The smallest absolute Gasteiger partial charge is 0.309 e. The first kappa shape index (κ1) is 9.71. The highest BCUT2D eigenvalue weighted by molar-refractivity contribution is 7.81. The van der Waals surface area contributed by atoms with Crippen LogP contribution in [0.3, 0.4) is 0 Å². The van der Waals surface area contributed by atoms with Crippen molar-refractivity contribution in [2.75, 3.05) is 6.61 Å². The molecule has 0 aromatic carbocycles. The number of carbonyl (C=O) groups is 1. The number of hydrogen-bond donors (Lipinski definition) is 1. The number of ether oxygens (including phenoxy) is 1. The molecule has 1 heterocycles. The summed E-state index contributed by atoms with van der Waals surface area (Å²) >= 11 is 4.78. The Balaban J connectivity index is 1.58. The number of rotatable bonds is 0. The highest BCUT2D eigenvalue weighted by Gasteiger charge is 2.69. The molecule has 2 nitrogen and oxygen atoms in total. The van der Waals surface area contributed by atoms with Gasteiger partial charge in [-0.2, -0.15) is 12.6 Å². The molecular formula is C14H18O2S. The average Bonchev–Trinajstić information content (AvgIpc) is 2.99. The zero-order valence-electron chi connectivity index (χ0n) is 9.79. The Morgan fingerprint density at radius 2 is 1.88 bits per heavy atom. The van der Waals surface area contributed by atoms with Crippen LogP contribution in [-0.2, 0) is 9.53 Å². The minimum atomic E-state index is 0.124. The molecule has 5 aliphatic rings. The lowest BCUT2D eigenvalue weighted by atomic mass is 9.64. The number of esters is 1. The van der Waals surface area contributed by atoms with E-state index in [1.54, 1.807) is 0 Å². The molecule has 0 N–H and O–H groups in total. The maximum absolute atomic E-state index is 11.9. The molecule has 92 valence electrons. The van der Waals surface area contributed by atoms with E-state index in [4.69, 9.17) is 17.4 Å². The van der Waals surface area contributed by atoms with Gasteiger partial charge in [0, 0.05) is 11.2 Å². The average molecular weight is 250 g/mol. The molecule has 4 bridgehead atoms. The van der Waals surface area contributed by atoms with E-state index in [0.29, 0.717) is 17.1 Å². The third-order valence-electron chi connectivity index (χ3n) is 6.79. The Kier molecular flexibility index (Phi) is 1.64. The van der Waals surface area contributed by atoms with Gasteiger partial charge in [-0.05, 0) is 54.8 Å². The Bertz CT molecular complexity index is 409. The van der Waals surface area contributed by atoms with Gasteiger partial charge in [0.05, 0.1) is 12.5 Å². The fraction of sp³-hybridized carbons (Fsp3) is 0.929. The van der Waals surface area contributed by atoms with Crippen molar-refractivity contribution in [2.45, 2.75) is 24.5 Å². The minimum Gasteiger partial charge on any atom is -0.465 e. The van der Waals surface area contributed by atoms with Gasteiger partial charge in [-0.3, -0.25) is 4.79 Å². The number of hydrogen-bond acceptors (Lipinski definition) is 3. The third kappa shape index (κ3) is 0.936. The molecule has 1 saturated heterocycles. The lowest BCUT2D eigenvalue weighted by Gasteiger charge is -2.40. The van der Waals surface area contributed by atoms with Gasteiger partial charge in [0.2, 0.25) is 0 Å². The summed E-state index contributed by atoms with van der Waals surface area (Å²) in [4.78, 5) is 11.9. The second-order valence-electron chi connectivity index (χ2n) is 7.00. The van der Waals surface area contributed by atoms with Crippen LogP contribution in [0.25, 0.3) is 0 Å². The van der Waals surface area contributed by atoms with E-state index in [-0.39, 0.29) is 11.9 Å². The summed E-state index contributed by atoms with van der Waals surface area (Å²) in [6, 6.07) is 0. The van der Waals surface area contributed by atoms with Crippen molar-refractivity contribution in [3.8, 4) is 0 Å². The SMILES string of the molecule is O=C1OCC2C3CC(C12)C1C2CC(CC2S)C31. The van der Waals surface area contributed by atoms with Gasteiger partial charge in [0.25, 0.3) is 0 Å². The van der Waals surface area contributed by atoms with Crippen LogP contribution in [0.4, 0.5) is 0 Å². The van der Waals surface area contributed by atoms with Crippen LogP contribution in [0.2, 0.25) is 0 Å². The molecule has 17 heavy (non-hydrogen) atoms. The van der Waals surface area contributed by atoms with Crippen LogP contribution in [-0.4, -0.2) is 17.8 Å². The fourth-order valence-electron chi connectivity index (χ4n) is 6.56. The van der Waals surface area contributed by atoms with E-state index < -0.39 is 0 Å². The topological polar surface area (TPSA) is 26.3 Å². The standard InChI is InChI=1S/C14H18O2S/c15-14-13-8-3-6(9(13)4-16-14)11-5-1-7(12(8)11)10(17)2-5/h5-13,17H,1-4H2. The van der Waals surface area contributed by atoms with Crippen LogP contribution >= 0.6 is 12.6 Å². The number of carbonyl (C=O) groups excluding carboxylic acids is 1. The van der Waals surface area contributed by atoms with Crippen molar-refractivity contribution in [3.05, 3.63) is 0 Å². The molecule has 0 radical (unpaired) electrons. The van der Waals surface area contributed by atoms with Crippen molar-refractivity contribution < 1.29 is 9.53 Å². The third-order valence-corrected chi connectivity index (χ3v) is 7.39. The molecule has 5 rings (SSSR count). The van der Waals surface area contributed by atoms with Crippen molar-refractivity contribution in [2.24, 2.45) is 47.3 Å². The Hall–Kier alpha value is -0.180. The van der Waals surface area contributed by atoms with Gasteiger partial charge >= 0.3 is 5.97 Å². The molecule has 9 unspecified atom stereocenters. The van der Waals surface area contributed by atoms with Crippen molar-refractivity contribution >= 4 is 18.6 Å². The summed E-state index contributed by atoms with van der Waals surface area (Å²) in [5.41, 5.74) is 0. The monoisotopic (exact) mass is 250 g/mol. The highest BCUT2D eigenvalue weighted by Crippen LogP contribution is 2.71. The molecule has 0 aromatic rings. The van der Waals surface area contributed by atoms with Crippen molar-refractivity contribution in [1.29, 1.82) is 0 Å². The van der Waals surface area contributed by atoms with E-state index in [1.165, 1.54) is 19.3 Å². The van der Waals surface area contributed by atoms with Gasteiger partial charge in [0.15, 0.2) is 0 Å². The van der Waals surface area contributed by atoms with Gasteiger partial charge in [0.1, 0.15) is 0 Å². The molecule has 9 atom stereocenters. The molecule has 4 aliphatic carbocycles. The summed E-state index contributed by atoms with van der Waals surface area (Å²) in [5.74, 6) is 5.98. The first-order valence-electron chi connectivity index (χ1n) is 7.10. The maximum Gasteiger partial charge on any atom is 0.309 e. The van der Waals surface area contributed by atoms with Crippen molar-refractivity contribution in [3.63, 3.8) is 0 Å². The molecule has 5 fully saturated rings. The van der Waals surface area contributed by atoms with E-state index in [2.05, 4.69) is 0 Å². The second kappa shape index (κ2) is 2.87. The summed E-state index contributed by atoms with van der Waals surface area (Å²) in [6.07, 6.45) is 4.07. The molecule has 1 aliphatic heterocycles. The molecule has 3 heteroatoms. The van der Waals surface area contributed by atoms with E-state index in [1.807, 2.05) is 0 Å². The van der Waals surface area contributed by atoms with Gasteiger partial charge in [-0.1, -0.05) is 0 Å². The van der Waals surface area contributed by atoms with Crippen molar-refractivity contribution in [1.82, 2.24) is 0 Å². The second-order valence-corrected chi connectivity index (χ2v) is 7.66. The van der Waals surface area contributed by atoms with E-state index in [9.17, 15) is 4.79 Å². The van der Waals surface area contributed by atoms with Crippen LogP contribution in [0.5, 0.6) is 0 Å². The number of fused-ring (bicyclic) bond motifs is 12. The highest BCUT2D eigenvalue weighted by atomic mass is 32.1. The quantitative estimate of drug-likeness (QED) is 0.404. The molecule has 4 saturated carbocycles.